The summed E-state index contributed by atoms with van der Waals surface area (Å²) in [5.41, 5.74) is 8.34. The van der Waals surface area contributed by atoms with Crippen LogP contribution in [-0.2, 0) is 6.54 Å². The molecule has 0 saturated heterocycles. The Morgan fingerprint density at radius 2 is 2.17 bits per heavy atom. The molecule has 64 valence electrons. The van der Waals surface area contributed by atoms with Gasteiger partial charge in [0.25, 0.3) is 0 Å². The van der Waals surface area contributed by atoms with Crippen molar-refractivity contribution in [3.63, 3.8) is 0 Å². The molecule has 0 spiro atoms. The van der Waals surface area contributed by atoms with E-state index in [0.29, 0.717) is 6.54 Å². The fourth-order valence-corrected chi connectivity index (χ4v) is 1.30. The first-order valence-corrected chi connectivity index (χ1v) is 3.96. The van der Waals surface area contributed by atoms with E-state index in [2.05, 4.69) is 0 Å². The van der Waals surface area contributed by atoms with E-state index >= 15 is 0 Å². The number of nitrogens with two attached hydrogens (primary N) is 1. The molecular formula is C10H13NO. The van der Waals surface area contributed by atoms with Gasteiger partial charge < -0.3 is 5.73 Å². The van der Waals surface area contributed by atoms with Crippen molar-refractivity contribution >= 4 is 5.78 Å². The molecule has 2 N–H and O–H groups in total. The van der Waals surface area contributed by atoms with Gasteiger partial charge in [-0.15, -0.1) is 0 Å². The van der Waals surface area contributed by atoms with Crippen LogP contribution in [0.25, 0.3) is 0 Å². The normalized spacial score (nSPS) is 9.92. The SMILES string of the molecule is CC(=O)c1cccc(C)c1CN. The third kappa shape index (κ3) is 1.53. The molecule has 1 aromatic rings. The second-order valence-corrected chi connectivity index (χ2v) is 2.86. The molecule has 0 aliphatic rings. The molecule has 0 amide bonds. The molecule has 0 radical (unpaired) electrons. The third-order valence-corrected chi connectivity index (χ3v) is 1.99. The Bertz CT molecular complexity index is 305. The Morgan fingerprint density at radius 3 is 2.58 bits per heavy atom. The van der Waals surface area contributed by atoms with Crippen LogP contribution in [0.4, 0.5) is 0 Å². The Kier molecular flexibility index (Phi) is 2.61. The smallest absolute Gasteiger partial charge is 0.160 e. The predicted molar refractivity (Wildman–Crippen MR) is 49.1 cm³/mol. The maximum absolute atomic E-state index is 11.1. The van der Waals surface area contributed by atoms with E-state index in [9.17, 15) is 4.79 Å². The van der Waals surface area contributed by atoms with Crippen molar-refractivity contribution in [3.8, 4) is 0 Å². The Hall–Kier alpha value is -1.15. The highest BCUT2D eigenvalue weighted by Gasteiger charge is 2.06. The van der Waals surface area contributed by atoms with Crippen LogP contribution in [-0.4, -0.2) is 5.78 Å². The lowest BCUT2D eigenvalue weighted by atomic mass is 10.00. The summed E-state index contributed by atoms with van der Waals surface area (Å²) in [4.78, 5) is 11.1. The van der Waals surface area contributed by atoms with Crippen molar-refractivity contribution in [1.29, 1.82) is 0 Å². The molecule has 12 heavy (non-hydrogen) atoms. The number of hydrogen-bond acceptors (Lipinski definition) is 2. The largest absolute Gasteiger partial charge is 0.326 e. The quantitative estimate of drug-likeness (QED) is 0.674. The highest BCUT2D eigenvalue weighted by molar-refractivity contribution is 5.95. The second-order valence-electron chi connectivity index (χ2n) is 2.86. The molecular weight excluding hydrogens is 150 g/mol. The van der Waals surface area contributed by atoms with Gasteiger partial charge in [-0.05, 0) is 25.0 Å². The molecule has 2 nitrogen and oxygen atoms in total. The van der Waals surface area contributed by atoms with Crippen molar-refractivity contribution in [2.24, 2.45) is 5.73 Å². The molecule has 2 heteroatoms. The minimum atomic E-state index is 0.0825. The molecule has 0 aliphatic heterocycles. The second kappa shape index (κ2) is 3.50. The van der Waals surface area contributed by atoms with Crippen molar-refractivity contribution in [3.05, 3.63) is 34.9 Å². The Morgan fingerprint density at radius 1 is 1.50 bits per heavy atom. The van der Waals surface area contributed by atoms with Gasteiger partial charge in [0.2, 0.25) is 0 Å². The summed E-state index contributed by atoms with van der Waals surface area (Å²) < 4.78 is 0. The van der Waals surface area contributed by atoms with E-state index < -0.39 is 0 Å². The van der Waals surface area contributed by atoms with Crippen LogP contribution < -0.4 is 5.73 Å². The maximum Gasteiger partial charge on any atom is 0.160 e. The highest BCUT2D eigenvalue weighted by atomic mass is 16.1. The van der Waals surface area contributed by atoms with Crippen LogP contribution in [0.1, 0.15) is 28.4 Å². The number of carbonyl (C=O) groups excluding carboxylic acids is 1. The zero-order chi connectivity index (χ0) is 9.14. The lowest BCUT2D eigenvalue weighted by Crippen LogP contribution is -2.06. The van der Waals surface area contributed by atoms with Gasteiger partial charge in [0.05, 0.1) is 0 Å². The zero-order valence-electron chi connectivity index (χ0n) is 7.42. The predicted octanol–water partition coefficient (Wildman–Crippen LogP) is 1.66. The van der Waals surface area contributed by atoms with Crippen LogP contribution >= 0.6 is 0 Å². The number of Topliss-reactive ketones (excluding diaryl/α,β-unsaturated/α-hetero) is 1. The molecule has 0 saturated carbocycles. The van der Waals surface area contributed by atoms with Gasteiger partial charge in [0.15, 0.2) is 5.78 Å². The fraction of sp³-hybridized carbons (Fsp3) is 0.300. The highest BCUT2D eigenvalue weighted by Crippen LogP contribution is 2.13. The number of ketones is 1. The summed E-state index contributed by atoms with van der Waals surface area (Å²) in [6, 6.07) is 5.66. The number of hydrogen-bond donors (Lipinski definition) is 1. The lowest BCUT2D eigenvalue weighted by molar-refractivity contribution is 0.101. The maximum atomic E-state index is 11.1. The van der Waals surface area contributed by atoms with Crippen molar-refractivity contribution < 1.29 is 4.79 Å². The van der Waals surface area contributed by atoms with Gasteiger partial charge in [0, 0.05) is 12.1 Å². The van der Waals surface area contributed by atoms with Crippen molar-refractivity contribution in [1.82, 2.24) is 0 Å². The van der Waals surface area contributed by atoms with E-state index in [1.165, 1.54) is 0 Å². The van der Waals surface area contributed by atoms with E-state index in [1.54, 1.807) is 6.92 Å². The molecule has 1 aromatic carbocycles. The van der Waals surface area contributed by atoms with Gasteiger partial charge in [-0.3, -0.25) is 4.79 Å². The van der Waals surface area contributed by atoms with Gasteiger partial charge in [-0.2, -0.15) is 0 Å². The van der Waals surface area contributed by atoms with Gasteiger partial charge >= 0.3 is 0 Å². The average Bonchev–Trinajstić information content (AvgIpc) is 2.03. The van der Waals surface area contributed by atoms with Gasteiger partial charge in [-0.25, -0.2) is 0 Å². The van der Waals surface area contributed by atoms with Crippen LogP contribution in [0.5, 0.6) is 0 Å². The molecule has 0 bridgehead atoms. The monoisotopic (exact) mass is 163 g/mol. The summed E-state index contributed by atoms with van der Waals surface area (Å²) >= 11 is 0. The van der Waals surface area contributed by atoms with E-state index in [-0.39, 0.29) is 5.78 Å². The van der Waals surface area contributed by atoms with Crippen LogP contribution in [0.15, 0.2) is 18.2 Å². The first kappa shape index (κ1) is 8.94. The summed E-state index contributed by atoms with van der Waals surface area (Å²) in [6.45, 7) is 3.96. The fourth-order valence-electron chi connectivity index (χ4n) is 1.30. The molecule has 0 aliphatic carbocycles. The van der Waals surface area contributed by atoms with E-state index in [1.807, 2.05) is 25.1 Å². The minimum Gasteiger partial charge on any atom is -0.326 e. The van der Waals surface area contributed by atoms with Gasteiger partial charge in [-0.1, -0.05) is 18.2 Å². The molecule has 0 heterocycles. The molecule has 0 fully saturated rings. The van der Waals surface area contributed by atoms with Crippen molar-refractivity contribution in [2.45, 2.75) is 20.4 Å². The topological polar surface area (TPSA) is 43.1 Å². The Balaban J connectivity index is 3.27. The summed E-state index contributed by atoms with van der Waals surface area (Å²) in [7, 11) is 0. The number of carbonyl (C=O) groups is 1. The average molecular weight is 163 g/mol. The molecule has 0 aromatic heterocycles. The number of rotatable bonds is 2. The van der Waals surface area contributed by atoms with Crippen LogP contribution in [0.3, 0.4) is 0 Å². The molecule has 0 atom stereocenters. The van der Waals surface area contributed by atoms with Crippen LogP contribution in [0.2, 0.25) is 0 Å². The summed E-state index contributed by atoms with van der Waals surface area (Å²) in [5.74, 6) is 0.0825. The zero-order valence-corrected chi connectivity index (χ0v) is 7.42. The first-order chi connectivity index (χ1) is 5.66. The number of aryl methyl sites for hydroxylation is 1. The van der Waals surface area contributed by atoms with E-state index in [0.717, 1.165) is 16.7 Å². The molecule has 0 unspecified atom stereocenters. The molecule has 1 rings (SSSR count). The first-order valence-electron chi connectivity index (χ1n) is 3.96. The number of benzene rings is 1. The lowest BCUT2D eigenvalue weighted by Gasteiger charge is -2.06. The summed E-state index contributed by atoms with van der Waals surface area (Å²) in [6.07, 6.45) is 0. The van der Waals surface area contributed by atoms with E-state index in [4.69, 9.17) is 5.73 Å². The summed E-state index contributed by atoms with van der Waals surface area (Å²) in [5, 5.41) is 0. The minimum absolute atomic E-state index is 0.0825. The third-order valence-electron chi connectivity index (χ3n) is 1.99. The van der Waals surface area contributed by atoms with Crippen LogP contribution in [0, 0.1) is 6.92 Å². The van der Waals surface area contributed by atoms with Gasteiger partial charge in [0.1, 0.15) is 0 Å². The van der Waals surface area contributed by atoms with Crippen molar-refractivity contribution in [2.75, 3.05) is 0 Å². The Labute approximate surface area is 72.4 Å². The standard InChI is InChI=1S/C10H13NO/c1-7-4-3-5-9(8(2)12)10(7)6-11/h3-5H,6,11H2,1-2H3.